The number of halogens is 1. The van der Waals surface area contributed by atoms with Gasteiger partial charge in [-0.1, -0.05) is 0 Å². The van der Waals surface area contributed by atoms with E-state index < -0.39 is 16.0 Å². The molecule has 2 atom stereocenters. The Bertz CT molecular complexity index is 617. The van der Waals surface area contributed by atoms with E-state index in [1.165, 1.54) is 26.8 Å². The average Bonchev–Trinajstić information content (AvgIpc) is 2.78. The number of nitrogens with two attached hydrogens (primary N) is 1. The van der Waals surface area contributed by atoms with Gasteiger partial charge in [0, 0.05) is 43.9 Å². The van der Waals surface area contributed by atoms with Crippen molar-refractivity contribution in [1.82, 2.24) is 8.61 Å². The lowest BCUT2D eigenvalue weighted by Gasteiger charge is -2.17. The molecule has 2 heterocycles. The molecule has 3 rings (SSSR count). The van der Waals surface area contributed by atoms with Gasteiger partial charge < -0.3 is 10.5 Å². The van der Waals surface area contributed by atoms with Crippen LogP contribution in [0.2, 0.25) is 0 Å². The summed E-state index contributed by atoms with van der Waals surface area (Å²) in [6.45, 7) is 0.751. The molecule has 2 N–H and O–H groups in total. The van der Waals surface area contributed by atoms with Gasteiger partial charge in [0.1, 0.15) is 17.7 Å². The fourth-order valence-corrected chi connectivity index (χ4v) is 4.40. The van der Waals surface area contributed by atoms with E-state index in [1.807, 2.05) is 0 Å². The molecule has 2 fully saturated rings. The van der Waals surface area contributed by atoms with Gasteiger partial charge in [-0.2, -0.15) is 17.0 Å². The average molecular weight is 301 g/mol. The van der Waals surface area contributed by atoms with E-state index in [0.717, 1.165) is 0 Å². The monoisotopic (exact) mass is 301 g/mol. The number of anilines is 1. The van der Waals surface area contributed by atoms with Crippen molar-refractivity contribution in [2.24, 2.45) is 0 Å². The molecule has 0 radical (unpaired) electrons. The van der Waals surface area contributed by atoms with E-state index in [0.29, 0.717) is 18.7 Å². The smallest absolute Gasteiger partial charge is 0.282 e. The SMILES string of the molecule is CN1CC2C[C@@H](Oc3cc(N)cc(F)c3)CN2S1(=O)=O. The number of ether oxygens (including phenoxy) is 1. The molecule has 8 heteroatoms. The highest BCUT2D eigenvalue weighted by Crippen LogP contribution is 2.32. The predicted molar refractivity (Wildman–Crippen MR) is 71.9 cm³/mol. The quantitative estimate of drug-likeness (QED) is 0.803. The highest BCUT2D eigenvalue weighted by molar-refractivity contribution is 7.87. The number of nitrogens with zero attached hydrogens (tertiary/aromatic N) is 2. The van der Waals surface area contributed by atoms with Crippen LogP contribution in [0.25, 0.3) is 0 Å². The van der Waals surface area contributed by atoms with Crippen molar-refractivity contribution < 1.29 is 17.5 Å². The van der Waals surface area contributed by atoms with E-state index in [-0.39, 0.29) is 24.4 Å². The highest BCUT2D eigenvalue weighted by atomic mass is 32.2. The first-order valence-corrected chi connectivity index (χ1v) is 7.72. The number of rotatable bonds is 2. The summed E-state index contributed by atoms with van der Waals surface area (Å²) in [6.07, 6.45) is 0.324. The molecule has 1 unspecified atom stereocenters. The molecule has 2 saturated heterocycles. The van der Waals surface area contributed by atoms with Gasteiger partial charge in [-0.3, -0.25) is 0 Å². The van der Waals surface area contributed by atoms with Crippen LogP contribution in [0.5, 0.6) is 5.75 Å². The van der Waals surface area contributed by atoms with Gasteiger partial charge in [-0.25, -0.2) is 4.39 Å². The lowest BCUT2D eigenvalue weighted by molar-refractivity contribution is 0.211. The van der Waals surface area contributed by atoms with Crippen LogP contribution in [0.3, 0.4) is 0 Å². The van der Waals surface area contributed by atoms with Crippen LogP contribution < -0.4 is 10.5 Å². The van der Waals surface area contributed by atoms with Gasteiger partial charge in [0.05, 0.1) is 6.54 Å². The Balaban J connectivity index is 1.73. The standard InChI is InChI=1S/C12H16FN3O3S/c1-15-6-10-5-12(7-16(10)20(15,17)18)19-11-3-8(13)2-9(14)4-11/h2-4,10,12H,5-7,14H2,1H3/t10?,12-/m1/s1. The maximum atomic E-state index is 13.2. The Kier molecular flexibility index (Phi) is 3.11. The van der Waals surface area contributed by atoms with Gasteiger partial charge >= 0.3 is 0 Å². The van der Waals surface area contributed by atoms with Crippen molar-refractivity contribution in [3.8, 4) is 5.75 Å². The molecule has 1 aromatic carbocycles. The fraction of sp³-hybridized carbons (Fsp3) is 0.500. The summed E-state index contributed by atoms with van der Waals surface area (Å²) >= 11 is 0. The number of benzene rings is 1. The van der Waals surface area contributed by atoms with Crippen molar-refractivity contribution in [2.75, 3.05) is 25.9 Å². The lowest BCUT2D eigenvalue weighted by Crippen LogP contribution is -2.33. The van der Waals surface area contributed by atoms with Crippen LogP contribution >= 0.6 is 0 Å². The first kappa shape index (κ1) is 13.6. The van der Waals surface area contributed by atoms with E-state index in [9.17, 15) is 12.8 Å². The number of hydrogen-bond acceptors (Lipinski definition) is 4. The van der Waals surface area contributed by atoms with Crippen LogP contribution in [0.4, 0.5) is 10.1 Å². The number of hydrogen-bond donors (Lipinski definition) is 1. The Morgan fingerprint density at radius 3 is 2.75 bits per heavy atom. The molecule has 0 bridgehead atoms. The molecule has 1 aromatic rings. The van der Waals surface area contributed by atoms with E-state index >= 15 is 0 Å². The summed E-state index contributed by atoms with van der Waals surface area (Å²) in [4.78, 5) is 0. The van der Waals surface area contributed by atoms with Gasteiger partial charge in [-0.05, 0) is 6.07 Å². The molecule has 0 spiro atoms. The summed E-state index contributed by atoms with van der Waals surface area (Å²) in [7, 11) is -1.79. The minimum absolute atomic E-state index is 0.0686. The summed E-state index contributed by atoms with van der Waals surface area (Å²) < 4.78 is 45.7. The molecule has 0 amide bonds. The fourth-order valence-electron chi connectivity index (χ4n) is 2.79. The zero-order chi connectivity index (χ0) is 14.5. The number of likely N-dealkylation sites (N-methyl/N-ethyl adjacent to an activating group) is 1. The lowest BCUT2D eigenvalue weighted by atomic mass is 10.2. The first-order valence-electron chi connectivity index (χ1n) is 6.32. The van der Waals surface area contributed by atoms with Crippen LogP contribution in [-0.4, -0.2) is 49.3 Å². The maximum Gasteiger partial charge on any atom is 0.282 e. The van der Waals surface area contributed by atoms with Crippen LogP contribution in [0.1, 0.15) is 6.42 Å². The Morgan fingerprint density at radius 2 is 2.10 bits per heavy atom. The summed E-state index contributed by atoms with van der Waals surface area (Å²) in [5, 5.41) is 0. The van der Waals surface area contributed by atoms with Crippen LogP contribution in [-0.2, 0) is 10.2 Å². The molecule has 2 aliphatic rings. The largest absolute Gasteiger partial charge is 0.489 e. The van der Waals surface area contributed by atoms with Crippen molar-refractivity contribution in [1.29, 1.82) is 0 Å². The summed E-state index contributed by atoms with van der Waals surface area (Å²) in [6, 6.07) is 3.92. The molecular weight excluding hydrogens is 285 g/mol. The maximum absolute atomic E-state index is 13.2. The Hall–Kier alpha value is -1.38. The van der Waals surface area contributed by atoms with Crippen molar-refractivity contribution in [3.05, 3.63) is 24.0 Å². The number of fused-ring (bicyclic) bond motifs is 1. The van der Waals surface area contributed by atoms with Gasteiger partial charge in [0.15, 0.2) is 0 Å². The summed E-state index contributed by atoms with van der Waals surface area (Å²) in [5.74, 6) is -0.134. The van der Waals surface area contributed by atoms with Crippen LogP contribution in [0, 0.1) is 5.82 Å². The van der Waals surface area contributed by atoms with Gasteiger partial charge in [0.2, 0.25) is 0 Å². The molecule has 0 aliphatic carbocycles. The molecule has 110 valence electrons. The second-order valence-electron chi connectivity index (χ2n) is 5.21. The van der Waals surface area contributed by atoms with Crippen molar-refractivity contribution >= 4 is 15.9 Å². The third-order valence-corrected chi connectivity index (χ3v) is 5.66. The zero-order valence-electron chi connectivity index (χ0n) is 11.0. The van der Waals surface area contributed by atoms with E-state index in [4.69, 9.17) is 10.5 Å². The number of nitrogen functional groups attached to an aromatic ring is 1. The second-order valence-corrected chi connectivity index (χ2v) is 7.20. The van der Waals surface area contributed by atoms with E-state index in [2.05, 4.69) is 0 Å². The second kappa shape index (κ2) is 4.57. The molecular formula is C12H16FN3O3S. The van der Waals surface area contributed by atoms with Crippen molar-refractivity contribution in [3.63, 3.8) is 0 Å². The minimum Gasteiger partial charge on any atom is -0.489 e. The molecule has 2 aliphatic heterocycles. The summed E-state index contributed by atoms with van der Waals surface area (Å²) in [5.41, 5.74) is 5.84. The molecule has 6 nitrogen and oxygen atoms in total. The van der Waals surface area contributed by atoms with Crippen molar-refractivity contribution in [2.45, 2.75) is 18.6 Å². The molecule has 0 saturated carbocycles. The molecule has 20 heavy (non-hydrogen) atoms. The zero-order valence-corrected chi connectivity index (χ0v) is 11.8. The third kappa shape index (κ3) is 2.23. The Labute approximate surface area is 117 Å². The topological polar surface area (TPSA) is 75.9 Å². The van der Waals surface area contributed by atoms with E-state index in [1.54, 1.807) is 7.05 Å². The van der Waals surface area contributed by atoms with Gasteiger partial charge in [0.25, 0.3) is 10.2 Å². The predicted octanol–water partition coefficient (Wildman–Crippen LogP) is 0.420. The molecule has 0 aromatic heterocycles. The van der Waals surface area contributed by atoms with Gasteiger partial charge in [-0.15, -0.1) is 0 Å². The third-order valence-electron chi connectivity index (χ3n) is 3.68. The normalized spacial score (nSPS) is 29.5. The minimum atomic E-state index is -3.36. The van der Waals surface area contributed by atoms with Crippen LogP contribution in [0.15, 0.2) is 18.2 Å². The first-order chi connectivity index (χ1) is 9.36. The highest BCUT2D eigenvalue weighted by Gasteiger charge is 2.48. The Morgan fingerprint density at radius 1 is 1.35 bits per heavy atom.